The molecule has 0 saturated heterocycles. The molecule has 0 atom stereocenters. The van der Waals surface area contributed by atoms with Gasteiger partial charge in [-0.1, -0.05) is 0 Å². The molecule has 0 bridgehead atoms. The summed E-state index contributed by atoms with van der Waals surface area (Å²) >= 11 is 0. The number of aliphatic hydroxyl groups is 1. The molecule has 0 radical (unpaired) electrons. The molecule has 1 heterocycles. The number of nitrogens with one attached hydrogen (secondary N) is 1. The van der Waals surface area contributed by atoms with Crippen molar-refractivity contribution in [2.24, 2.45) is 0 Å². The first kappa shape index (κ1) is 19.6. The zero-order valence-electron chi connectivity index (χ0n) is 16.2. The molecule has 0 unspecified atom stereocenters. The molecule has 2 N–H and O–H groups in total. The number of aromatic nitrogens is 1. The Morgan fingerprint density at radius 1 is 1.26 bits per heavy atom. The summed E-state index contributed by atoms with van der Waals surface area (Å²) in [6.45, 7) is 3.82. The Hall–Kier alpha value is -2.18. The maximum atomic E-state index is 12.6. The van der Waals surface area contributed by atoms with E-state index < -0.39 is 5.60 Å². The molecular formula is C21H28N2O4. The van der Waals surface area contributed by atoms with Crippen molar-refractivity contribution < 1.29 is 19.4 Å². The Morgan fingerprint density at radius 2 is 2.00 bits per heavy atom. The molecular weight excluding hydrogens is 344 g/mol. The summed E-state index contributed by atoms with van der Waals surface area (Å²) in [5, 5.41) is 13.8. The highest BCUT2D eigenvalue weighted by Crippen LogP contribution is 2.23. The number of nitrogens with zero attached hydrogens (tertiary/aromatic N) is 1. The molecule has 0 spiro atoms. The van der Waals surface area contributed by atoms with Gasteiger partial charge in [-0.2, -0.15) is 0 Å². The monoisotopic (exact) mass is 372 g/mol. The van der Waals surface area contributed by atoms with Crippen LogP contribution in [0.5, 0.6) is 5.75 Å². The van der Waals surface area contributed by atoms with Crippen LogP contribution in [-0.2, 0) is 4.74 Å². The molecule has 1 fully saturated rings. The van der Waals surface area contributed by atoms with Crippen molar-refractivity contribution in [3.8, 4) is 5.75 Å². The molecule has 1 aromatic heterocycles. The van der Waals surface area contributed by atoms with Crippen molar-refractivity contribution in [3.05, 3.63) is 36.0 Å². The summed E-state index contributed by atoms with van der Waals surface area (Å²) in [5.41, 5.74) is 0.557. The lowest BCUT2D eigenvalue weighted by Gasteiger charge is -2.30. The van der Waals surface area contributed by atoms with E-state index in [1.807, 2.05) is 24.3 Å². The molecule has 2 aromatic rings. The minimum Gasteiger partial charge on any atom is -0.497 e. The van der Waals surface area contributed by atoms with E-state index in [1.54, 1.807) is 27.2 Å². The summed E-state index contributed by atoms with van der Waals surface area (Å²) in [5.74, 6) is 0.650. The van der Waals surface area contributed by atoms with Gasteiger partial charge in [-0.05, 0) is 57.7 Å². The number of hydrogen-bond donors (Lipinski definition) is 2. The van der Waals surface area contributed by atoms with Crippen LogP contribution >= 0.6 is 0 Å². The van der Waals surface area contributed by atoms with Crippen LogP contribution in [0.4, 0.5) is 0 Å². The van der Waals surface area contributed by atoms with Gasteiger partial charge in [0.25, 0.3) is 5.91 Å². The summed E-state index contributed by atoms with van der Waals surface area (Å²) < 4.78 is 11.0. The van der Waals surface area contributed by atoms with Gasteiger partial charge in [-0.3, -0.25) is 9.78 Å². The third kappa shape index (κ3) is 5.40. The predicted octanol–water partition coefficient (Wildman–Crippen LogP) is 3.07. The zero-order valence-corrected chi connectivity index (χ0v) is 16.2. The molecule has 1 aliphatic carbocycles. The number of benzene rings is 1. The van der Waals surface area contributed by atoms with Gasteiger partial charge in [-0.15, -0.1) is 0 Å². The highest BCUT2D eigenvalue weighted by atomic mass is 16.5. The fraction of sp³-hybridized carbons (Fsp3) is 0.524. The largest absolute Gasteiger partial charge is 0.497 e. The van der Waals surface area contributed by atoms with Gasteiger partial charge in [0.2, 0.25) is 0 Å². The van der Waals surface area contributed by atoms with Crippen molar-refractivity contribution in [1.29, 1.82) is 0 Å². The fourth-order valence-corrected chi connectivity index (χ4v) is 3.32. The standard InChI is InChI=1S/C21H28N2O4/c1-21(2,25)13-27-17-8-5-16(6-9-17)23-20(24)15-10-14-4-7-18(26-3)11-19(14)22-12-15/h4,7,10-12,16-17,25H,5-6,8-9,13H2,1-3H3,(H,23,24)/t16-,17-. The van der Waals surface area contributed by atoms with Crippen LogP contribution in [0, 0.1) is 0 Å². The molecule has 1 aromatic carbocycles. The van der Waals surface area contributed by atoms with Crippen LogP contribution in [0.15, 0.2) is 30.5 Å². The van der Waals surface area contributed by atoms with Crippen LogP contribution in [-0.4, -0.2) is 47.5 Å². The molecule has 6 heteroatoms. The zero-order chi connectivity index (χ0) is 19.4. The third-order valence-corrected chi connectivity index (χ3v) is 4.84. The van der Waals surface area contributed by atoms with Crippen molar-refractivity contribution in [2.45, 2.75) is 57.3 Å². The van der Waals surface area contributed by atoms with Crippen LogP contribution in [0.3, 0.4) is 0 Å². The van der Waals surface area contributed by atoms with Gasteiger partial charge >= 0.3 is 0 Å². The van der Waals surface area contributed by atoms with E-state index in [0.29, 0.717) is 12.2 Å². The van der Waals surface area contributed by atoms with E-state index in [-0.39, 0.29) is 18.1 Å². The van der Waals surface area contributed by atoms with Gasteiger partial charge in [0.15, 0.2) is 0 Å². The Balaban J connectivity index is 1.54. The summed E-state index contributed by atoms with van der Waals surface area (Å²) in [6.07, 6.45) is 5.28. The first-order valence-corrected chi connectivity index (χ1v) is 9.43. The second-order valence-electron chi connectivity index (χ2n) is 7.85. The first-order chi connectivity index (χ1) is 12.8. The van der Waals surface area contributed by atoms with Crippen LogP contribution in [0.2, 0.25) is 0 Å². The normalized spacial score (nSPS) is 20.4. The lowest BCUT2D eigenvalue weighted by Crippen LogP contribution is -2.40. The number of methoxy groups -OCH3 is 1. The highest BCUT2D eigenvalue weighted by Gasteiger charge is 2.25. The Bertz CT molecular complexity index is 792. The van der Waals surface area contributed by atoms with Crippen LogP contribution in [0.1, 0.15) is 49.9 Å². The van der Waals surface area contributed by atoms with Gasteiger partial charge in [0.1, 0.15) is 5.75 Å². The number of carbonyl (C=O) groups excluding carboxylic acids is 1. The number of amides is 1. The number of rotatable bonds is 6. The summed E-state index contributed by atoms with van der Waals surface area (Å²) in [6, 6.07) is 7.62. The predicted molar refractivity (Wildman–Crippen MR) is 104 cm³/mol. The van der Waals surface area contributed by atoms with Crippen molar-refractivity contribution in [3.63, 3.8) is 0 Å². The second kappa shape index (κ2) is 8.23. The lowest BCUT2D eigenvalue weighted by atomic mass is 9.92. The number of carbonyl (C=O) groups is 1. The van der Waals surface area contributed by atoms with E-state index in [4.69, 9.17) is 9.47 Å². The molecule has 3 rings (SSSR count). The Labute approximate surface area is 159 Å². The molecule has 1 aliphatic rings. The van der Waals surface area contributed by atoms with Gasteiger partial charge in [0.05, 0.1) is 36.5 Å². The van der Waals surface area contributed by atoms with Crippen LogP contribution < -0.4 is 10.1 Å². The van der Waals surface area contributed by atoms with Gasteiger partial charge < -0.3 is 19.9 Å². The number of ether oxygens (including phenoxy) is 2. The SMILES string of the molecule is COc1ccc2cc(C(=O)N[C@H]3CC[C@H](OCC(C)(C)O)CC3)cnc2c1. The Kier molecular flexibility index (Phi) is 5.97. The van der Waals surface area contributed by atoms with Gasteiger partial charge in [-0.25, -0.2) is 0 Å². The minimum atomic E-state index is -0.807. The average molecular weight is 372 g/mol. The fourth-order valence-electron chi connectivity index (χ4n) is 3.32. The van der Waals surface area contributed by atoms with Crippen LogP contribution in [0.25, 0.3) is 10.9 Å². The van der Waals surface area contributed by atoms with E-state index in [1.165, 1.54) is 0 Å². The lowest BCUT2D eigenvalue weighted by molar-refractivity contribution is -0.0640. The topological polar surface area (TPSA) is 80.7 Å². The van der Waals surface area contributed by atoms with E-state index >= 15 is 0 Å². The summed E-state index contributed by atoms with van der Waals surface area (Å²) in [7, 11) is 1.62. The quantitative estimate of drug-likeness (QED) is 0.814. The number of hydrogen-bond acceptors (Lipinski definition) is 5. The highest BCUT2D eigenvalue weighted by molar-refractivity contribution is 5.97. The average Bonchev–Trinajstić information content (AvgIpc) is 2.66. The first-order valence-electron chi connectivity index (χ1n) is 9.43. The molecule has 27 heavy (non-hydrogen) atoms. The summed E-state index contributed by atoms with van der Waals surface area (Å²) in [4.78, 5) is 17.0. The van der Waals surface area contributed by atoms with E-state index in [2.05, 4.69) is 10.3 Å². The maximum Gasteiger partial charge on any atom is 0.253 e. The van der Waals surface area contributed by atoms with Crippen molar-refractivity contribution in [1.82, 2.24) is 10.3 Å². The van der Waals surface area contributed by atoms with Crippen molar-refractivity contribution >= 4 is 16.8 Å². The third-order valence-electron chi connectivity index (χ3n) is 4.84. The van der Waals surface area contributed by atoms with E-state index in [0.717, 1.165) is 42.3 Å². The molecule has 1 saturated carbocycles. The van der Waals surface area contributed by atoms with Gasteiger partial charge in [0, 0.05) is 23.7 Å². The van der Waals surface area contributed by atoms with Crippen molar-refractivity contribution in [2.75, 3.05) is 13.7 Å². The number of fused-ring (bicyclic) bond motifs is 1. The second-order valence-corrected chi connectivity index (χ2v) is 7.85. The molecule has 1 amide bonds. The maximum absolute atomic E-state index is 12.6. The molecule has 6 nitrogen and oxygen atoms in total. The Morgan fingerprint density at radius 3 is 2.67 bits per heavy atom. The number of pyridine rings is 1. The molecule has 0 aliphatic heterocycles. The minimum absolute atomic E-state index is 0.0962. The van der Waals surface area contributed by atoms with E-state index in [9.17, 15) is 9.90 Å². The molecule has 146 valence electrons. The smallest absolute Gasteiger partial charge is 0.253 e.